The van der Waals surface area contributed by atoms with Crippen LogP contribution >= 0.6 is 0 Å². The van der Waals surface area contributed by atoms with Crippen molar-refractivity contribution in [2.45, 2.75) is 31.8 Å². The quantitative estimate of drug-likeness (QED) is 0.618. The summed E-state index contributed by atoms with van der Waals surface area (Å²) >= 11 is 0. The highest BCUT2D eigenvalue weighted by molar-refractivity contribution is 5.88. The number of esters is 1. The first kappa shape index (κ1) is 15.4. The predicted molar refractivity (Wildman–Crippen MR) is 68.3 cm³/mol. The highest BCUT2D eigenvalue weighted by Gasteiger charge is 2.31. The third-order valence-corrected chi connectivity index (χ3v) is 3.18. The molecule has 0 aromatic carbocycles. The van der Waals surface area contributed by atoms with Crippen LogP contribution in [0.5, 0.6) is 0 Å². The van der Waals surface area contributed by atoms with Crippen LogP contribution in [-0.4, -0.2) is 62.0 Å². The van der Waals surface area contributed by atoms with Gasteiger partial charge in [0.05, 0.1) is 13.2 Å². The summed E-state index contributed by atoms with van der Waals surface area (Å²) in [5, 5.41) is 5.13. The highest BCUT2D eigenvalue weighted by Crippen LogP contribution is 2.14. The van der Waals surface area contributed by atoms with Crippen LogP contribution in [0.1, 0.15) is 19.8 Å². The fourth-order valence-corrected chi connectivity index (χ4v) is 2.09. The molecular weight excluding hydrogens is 250 g/mol. The van der Waals surface area contributed by atoms with Gasteiger partial charge in [0.2, 0.25) is 11.8 Å². The average molecular weight is 271 g/mol. The molecule has 108 valence electrons. The van der Waals surface area contributed by atoms with Crippen LogP contribution in [0.15, 0.2) is 0 Å². The summed E-state index contributed by atoms with van der Waals surface area (Å²) in [6, 6.07) is -1.07. The Morgan fingerprint density at radius 2 is 2.11 bits per heavy atom. The summed E-state index contributed by atoms with van der Waals surface area (Å²) in [7, 11) is 3.12. The van der Waals surface area contributed by atoms with Gasteiger partial charge in [-0.15, -0.1) is 0 Å². The van der Waals surface area contributed by atoms with E-state index in [2.05, 4.69) is 15.4 Å². The maximum Gasteiger partial charge on any atom is 0.330 e. The molecule has 2 amide bonds. The Hall–Kier alpha value is -1.63. The fourth-order valence-electron chi connectivity index (χ4n) is 2.09. The van der Waals surface area contributed by atoms with Gasteiger partial charge in [0.15, 0.2) is 0 Å². The molecule has 1 aliphatic heterocycles. The molecule has 2 unspecified atom stereocenters. The van der Waals surface area contributed by atoms with Gasteiger partial charge in [-0.05, 0) is 26.4 Å². The van der Waals surface area contributed by atoms with Gasteiger partial charge in [0.25, 0.3) is 0 Å². The molecule has 0 bridgehead atoms. The number of nitrogens with zero attached hydrogens (tertiary/aromatic N) is 1. The molecule has 2 atom stereocenters. The molecule has 1 heterocycles. The van der Waals surface area contributed by atoms with Gasteiger partial charge in [-0.25, -0.2) is 4.79 Å². The zero-order chi connectivity index (χ0) is 14.4. The molecule has 0 aromatic heterocycles. The molecule has 1 saturated heterocycles. The van der Waals surface area contributed by atoms with Crippen molar-refractivity contribution in [1.82, 2.24) is 15.5 Å². The van der Waals surface area contributed by atoms with Crippen molar-refractivity contribution in [2.24, 2.45) is 0 Å². The molecule has 1 rings (SSSR count). The van der Waals surface area contributed by atoms with E-state index in [4.69, 9.17) is 0 Å². The van der Waals surface area contributed by atoms with Gasteiger partial charge in [-0.2, -0.15) is 0 Å². The van der Waals surface area contributed by atoms with E-state index >= 15 is 0 Å². The summed E-state index contributed by atoms with van der Waals surface area (Å²) in [4.78, 5) is 36.4. The highest BCUT2D eigenvalue weighted by atomic mass is 16.5. The Labute approximate surface area is 112 Å². The van der Waals surface area contributed by atoms with Crippen molar-refractivity contribution in [3.8, 4) is 0 Å². The lowest BCUT2D eigenvalue weighted by Gasteiger charge is -2.22. The Bertz CT molecular complexity index is 359. The maximum absolute atomic E-state index is 12.1. The van der Waals surface area contributed by atoms with Gasteiger partial charge in [0, 0.05) is 13.5 Å². The van der Waals surface area contributed by atoms with Crippen molar-refractivity contribution in [1.29, 1.82) is 0 Å². The van der Waals surface area contributed by atoms with Crippen molar-refractivity contribution >= 4 is 17.8 Å². The number of methoxy groups -OCH3 is 1. The van der Waals surface area contributed by atoms with Crippen molar-refractivity contribution in [2.75, 3.05) is 27.2 Å². The third-order valence-electron chi connectivity index (χ3n) is 3.18. The van der Waals surface area contributed by atoms with Crippen LogP contribution < -0.4 is 10.6 Å². The molecule has 7 nitrogen and oxygen atoms in total. The summed E-state index contributed by atoms with van der Waals surface area (Å²) < 4.78 is 4.62. The molecule has 0 aromatic rings. The van der Waals surface area contributed by atoms with Gasteiger partial charge in [0.1, 0.15) is 6.04 Å². The second-order valence-electron chi connectivity index (χ2n) is 4.66. The number of likely N-dealkylation sites (tertiary alicyclic amines) is 1. The van der Waals surface area contributed by atoms with Gasteiger partial charge < -0.3 is 15.4 Å². The SMILES string of the molecule is COC(=O)C(CNC(C)=O)NC(=O)C1CCCN1C. The van der Waals surface area contributed by atoms with Crippen LogP contribution in [0.2, 0.25) is 0 Å². The Balaban J connectivity index is 2.58. The van der Waals surface area contributed by atoms with Crippen LogP contribution in [0, 0.1) is 0 Å². The molecule has 19 heavy (non-hydrogen) atoms. The first-order chi connectivity index (χ1) is 8.95. The summed E-state index contributed by atoms with van der Waals surface area (Å²) in [6.07, 6.45) is 1.74. The minimum atomic E-state index is -0.851. The summed E-state index contributed by atoms with van der Waals surface area (Å²) in [5.41, 5.74) is 0. The van der Waals surface area contributed by atoms with Crippen molar-refractivity contribution in [3.63, 3.8) is 0 Å². The zero-order valence-corrected chi connectivity index (χ0v) is 11.6. The van der Waals surface area contributed by atoms with E-state index < -0.39 is 12.0 Å². The number of amides is 2. The first-order valence-electron chi connectivity index (χ1n) is 6.28. The third kappa shape index (κ3) is 4.51. The maximum atomic E-state index is 12.1. The molecule has 0 spiro atoms. The molecule has 1 aliphatic rings. The second-order valence-corrected chi connectivity index (χ2v) is 4.66. The smallest absolute Gasteiger partial charge is 0.330 e. The van der Waals surface area contributed by atoms with Crippen LogP contribution in [0.4, 0.5) is 0 Å². The largest absolute Gasteiger partial charge is 0.467 e. The number of hydrogen-bond donors (Lipinski definition) is 2. The molecular formula is C12H21N3O4. The molecule has 0 aliphatic carbocycles. The second kappa shape index (κ2) is 7.08. The van der Waals surface area contributed by atoms with Gasteiger partial charge in [-0.1, -0.05) is 0 Å². The number of rotatable bonds is 5. The number of nitrogens with one attached hydrogen (secondary N) is 2. The van der Waals surface area contributed by atoms with E-state index in [1.165, 1.54) is 14.0 Å². The molecule has 7 heteroatoms. The Kier molecular flexibility index (Phi) is 5.75. The van der Waals surface area contributed by atoms with E-state index in [0.29, 0.717) is 0 Å². The van der Waals surface area contributed by atoms with Crippen LogP contribution in [0.3, 0.4) is 0 Å². The summed E-state index contributed by atoms with van der Waals surface area (Å²) in [6.45, 7) is 2.25. The van der Waals surface area contributed by atoms with Gasteiger partial charge in [-0.3, -0.25) is 14.5 Å². The average Bonchev–Trinajstić information content (AvgIpc) is 2.79. The lowest BCUT2D eigenvalue weighted by atomic mass is 10.2. The Morgan fingerprint density at radius 3 is 2.58 bits per heavy atom. The lowest BCUT2D eigenvalue weighted by molar-refractivity contribution is -0.145. The fraction of sp³-hybridized carbons (Fsp3) is 0.750. The number of likely N-dealkylation sites (N-methyl/N-ethyl adjacent to an activating group) is 1. The van der Waals surface area contributed by atoms with E-state index in [9.17, 15) is 14.4 Å². The number of ether oxygens (including phenoxy) is 1. The minimum absolute atomic E-state index is 0.0319. The number of carbonyl (C=O) groups is 3. The van der Waals surface area contributed by atoms with E-state index in [0.717, 1.165) is 19.4 Å². The number of hydrogen-bond acceptors (Lipinski definition) is 5. The van der Waals surface area contributed by atoms with E-state index in [1.54, 1.807) is 0 Å². The molecule has 0 radical (unpaired) electrons. The Morgan fingerprint density at radius 1 is 1.42 bits per heavy atom. The van der Waals surface area contributed by atoms with Crippen molar-refractivity contribution in [3.05, 3.63) is 0 Å². The van der Waals surface area contributed by atoms with Crippen LogP contribution in [0.25, 0.3) is 0 Å². The predicted octanol–water partition coefficient (Wildman–Crippen LogP) is -1.13. The normalized spacial score (nSPS) is 20.7. The zero-order valence-electron chi connectivity index (χ0n) is 11.6. The summed E-state index contributed by atoms with van der Waals surface area (Å²) in [5.74, 6) is -1.04. The van der Waals surface area contributed by atoms with Crippen molar-refractivity contribution < 1.29 is 19.1 Å². The van der Waals surface area contributed by atoms with Gasteiger partial charge >= 0.3 is 5.97 Å². The topological polar surface area (TPSA) is 87.7 Å². The molecule has 0 saturated carbocycles. The minimum Gasteiger partial charge on any atom is -0.467 e. The molecule has 1 fully saturated rings. The lowest BCUT2D eigenvalue weighted by Crippen LogP contribution is -2.53. The standard InChI is InChI=1S/C12H21N3O4/c1-8(16)13-7-9(12(18)19-3)14-11(17)10-5-4-6-15(10)2/h9-10H,4-7H2,1-3H3,(H,13,16)(H,14,17). The monoisotopic (exact) mass is 271 g/mol. The van der Waals surface area contributed by atoms with E-state index in [1.807, 2.05) is 11.9 Å². The number of carbonyl (C=O) groups excluding carboxylic acids is 3. The van der Waals surface area contributed by atoms with Crippen LogP contribution in [-0.2, 0) is 19.1 Å². The first-order valence-corrected chi connectivity index (χ1v) is 6.28. The van der Waals surface area contributed by atoms with E-state index in [-0.39, 0.29) is 24.4 Å². The molecule has 2 N–H and O–H groups in total.